The van der Waals surface area contributed by atoms with Gasteiger partial charge in [0.05, 0.1) is 0 Å². The zero-order valence-electron chi connectivity index (χ0n) is 13.1. The third-order valence-electron chi connectivity index (χ3n) is 4.12. The number of nitrogen functional groups attached to an aromatic ring is 1. The summed E-state index contributed by atoms with van der Waals surface area (Å²) >= 11 is 0. The number of rotatable bonds is 4. The Hall–Kier alpha value is -1.59. The first-order valence-corrected chi connectivity index (χ1v) is 7.62. The molecule has 21 heavy (non-hydrogen) atoms. The topological polar surface area (TPSA) is 61.6 Å². The summed E-state index contributed by atoms with van der Waals surface area (Å²) < 4.78 is 0. The van der Waals surface area contributed by atoms with Crippen LogP contribution in [0.15, 0.2) is 18.2 Å². The lowest BCUT2D eigenvalue weighted by molar-refractivity contribution is -0.116. The largest absolute Gasteiger partial charge is 0.398 e. The van der Waals surface area contributed by atoms with Gasteiger partial charge in [-0.05, 0) is 51.2 Å². The third-order valence-corrected chi connectivity index (χ3v) is 4.12. The third kappa shape index (κ3) is 4.72. The van der Waals surface area contributed by atoms with E-state index in [0.29, 0.717) is 12.1 Å². The second-order valence-corrected chi connectivity index (χ2v) is 5.82. The van der Waals surface area contributed by atoms with E-state index in [2.05, 4.69) is 22.2 Å². The number of benzene rings is 1. The van der Waals surface area contributed by atoms with Gasteiger partial charge in [-0.15, -0.1) is 0 Å². The van der Waals surface area contributed by atoms with Crippen LogP contribution in [-0.2, 0) is 4.79 Å². The number of nitrogens with one attached hydrogen (secondary N) is 1. The normalized spacial score (nSPS) is 17.4. The van der Waals surface area contributed by atoms with E-state index in [-0.39, 0.29) is 5.91 Å². The maximum Gasteiger partial charge on any atom is 0.225 e. The van der Waals surface area contributed by atoms with Crippen molar-refractivity contribution in [3.63, 3.8) is 0 Å². The standard InChI is InChI=1S/C16H26N4O/c1-13-14(17)5-3-6-15(13)18-16(21)7-10-20-9-4-8-19(2)11-12-20/h3,5-6H,4,7-12,17H2,1-2H3,(H,18,21). The number of likely N-dealkylation sites (N-methyl/N-ethyl adjacent to an activating group) is 1. The first-order valence-electron chi connectivity index (χ1n) is 7.62. The smallest absolute Gasteiger partial charge is 0.225 e. The zero-order chi connectivity index (χ0) is 15.2. The lowest BCUT2D eigenvalue weighted by Gasteiger charge is -2.19. The second kappa shape index (κ2) is 7.43. The maximum atomic E-state index is 12.1. The summed E-state index contributed by atoms with van der Waals surface area (Å²) in [6.45, 7) is 7.09. The van der Waals surface area contributed by atoms with Gasteiger partial charge in [-0.2, -0.15) is 0 Å². The molecule has 0 radical (unpaired) electrons. The average Bonchev–Trinajstić information content (AvgIpc) is 2.66. The van der Waals surface area contributed by atoms with Crippen LogP contribution in [0.25, 0.3) is 0 Å². The minimum atomic E-state index is 0.0568. The Morgan fingerprint density at radius 2 is 2.10 bits per heavy atom. The summed E-state index contributed by atoms with van der Waals surface area (Å²) in [6.07, 6.45) is 1.70. The summed E-state index contributed by atoms with van der Waals surface area (Å²) in [6, 6.07) is 5.60. The molecule has 1 saturated heterocycles. The van der Waals surface area contributed by atoms with Crippen molar-refractivity contribution in [3.05, 3.63) is 23.8 Å². The van der Waals surface area contributed by atoms with Gasteiger partial charge in [0, 0.05) is 37.4 Å². The molecule has 0 aliphatic carbocycles. The Morgan fingerprint density at radius 3 is 2.90 bits per heavy atom. The molecule has 0 spiro atoms. The van der Waals surface area contributed by atoms with Gasteiger partial charge in [0.1, 0.15) is 0 Å². The second-order valence-electron chi connectivity index (χ2n) is 5.82. The number of carbonyl (C=O) groups is 1. The van der Waals surface area contributed by atoms with Gasteiger partial charge >= 0.3 is 0 Å². The van der Waals surface area contributed by atoms with Gasteiger partial charge < -0.3 is 20.9 Å². The Balaban J connectivity index is 1.80. The molecule has 3 N–H and O–H groups in total. The molecule has 1 aromatic rings. The van der Waals surface area contributed by atoms with Gasteiger partial charge in [-0.25, -0.2) is 0 Å². The fraction of sp³-hybridized carbons (Fsp3) is 0.562. The molecule has 2 rings (SSSR count). The molecule has 0 bridgehead atoms. The number of anilines is 2. The molecule has 1 aromatic carbocycles. The van der Waals surface area contributed by atoms with E-state index in [9.17, 15) is 4.79 Å². The molecular formula is C16H26N4O. The maximum absolute atomic E-state index is 12.1. The van der Waals surface area contributed by atoms with E-state index in [1.807, 2.05) is 25.1 Å². The van der Waals surface area contributed by atoms with Crippen molar-refractivity contribution in [3.8, 4) is 0 Å². The van der Waals surface area contributed by atoms with Crippen molar-refractivity contribution in [2.45, 2.75) is 19.8 Å². The Morgan fingerprint density at radius 1 is 1.29 bits per heavy atom. The summed E-state index contributed by atoms with van der Waals surface area (Å²) in [4.78, 5) is 16.8. The van der Waals surface area contributed by atoms with Crippen LogP contribution < -0.4 is 11.1 Å². The minimum absolute atomic E-state index is 0.0568. The monoisotopic (exact) mass is 290 g/mol. The molecular weight excluding hydrogens is 264 g/mol. The number of hydrogen-bond donors (Lipinski definition) is 2. The van der Waals surface area contributed by atoms with Crippen molar-refractivity contribution in [1.82, 2.24) is 9.80 Å². The van der Waals surface area contributed by atoms with Crippen molar-refractivity contribution in [1.29, 1.82) is 0 Å². The predicted molar refractivity (Wildman–Crippen MR) is 87.4 cm³/mol. The fourth-order valence-corrected chi connectivity index (χ4v) is 2.58. The molecule has 0 atom stereocenters. The van der Waals surface area contributed by atoms with Crippen molar-refractivity contribution < 1.29 is 4.79 Å². The molecule has 1 amide bonds. The quantitative estimate of drug-likeness (QED) is 0.826. The molecule has 5 heteroatoms. The van der Waals surface area contributed by atoms with E-state index in [1.54, 1.807) is 0 Å². The Bertz CT molecular complexity index is 489. The Labute approximate surface area is 127 Å². The number of carbonyl (C=O) groups excluding carboxylic acids is 1. The fourth-order valence-electron chi connectivity index (χ4n) is 2.58. The molecule has 0 aromatic heterocycles. The van der Waals surface area contributed by atoms with Gasteiger partial charge in [0.15, 0.2) is 0 Å². The minimum Gasteiger partial charge on any atom is -0.398 e. The van der Waals surface area contributed by atoms with Crippen LogP contribution in [0, 0.1) is 6.92 Å². The lowest BCUT2D eigenvalue weighted by Crippen LogP contribution is -2.31. The van der Waals surface area contributed by atoms with Gasteiger partial charge in [-0.3, -0.25) is 4.79 Å². The summed E-state index contributed by atoms with van der Waals surface area (Å²) in [5.74, 6) is 0.0568. The summed E-state index contributed by atoms with van der Waals surface area (Å²) in [7, 11) is 2.15. The number of hydrogen-bond acceptors (Lipinski definition) is 4. The number of nitrogens with zero attached hydrogens (tertiary/aromatic N) is 2. The first-order chi connectivity index (χ1) is 10.1. The van der Waals surface area contributed by atoms with Gasteiger partial charge in [0.2, 0.25) is 5.91 Å². The van der Waals surface area contributed by atoms with Crippen molar-refractivity contribution in [2.75, 3.05) is 50.8 Å². The molecule has 1 aliphatic heterocycles. The predicted octanol–water partition coefficient (Wildman–Crippen LogP) is 1.54. The summed E-state index contributed by atoms with van der Waals surface area (Å²) in [5, 5.41) is 2.96. The van der Waals surface area contributed by atoms with E-state index in [0.717, 1.165) is 44.0 Å². The highest BCUT2D eigenvalue weighted by Gasteiger charge is 2.13. The highest BCUT2D eigenvalue weighted by Crippen LogP contribution is 2.20. The highest BCUT2D eigenvalue weighted by atomic mass is 16.1. The molecule has 1 aliphatic rings. The van der Waals surface area contributed by atoms with Crippen LogP contribution in [0.2, 0.25) is 0 Å². The van der Waals surface area contributed by atoms with Crippen LogP contribution in [-0.4, -0.2) is 55.5 Å². The van der Waals surface area contributed by atoms with Crippen LogP contribution >= 0.6 is 0 Å². The van der Waals surface area contributed by atoms with Crippen molar-refractivity contribution in [2.24, 2.45) is 0 Å². The average molecular weight is 290 g/mol. The van der Waals surface area contributed by atoms with Gasteiger partial charge in [-0.1, -0.05) is 6.07 Å². The molecule has 1 fully saturated rings. The van der Waals surface area contributed by atoms with Crippen LogP contribution in [0.5, 0.6) is 0 Å². The van der Waals surface area contributed by atoms with Crippen LogP contribution in [0.1, 0.15) is 18.4 Å². The summed E-state index contributed by atoms with van der Waals surface area (Å²) in [5.41, 5.74) is 8.31. The molecule has 0 saturated carbocycles. The van der Waals surface area contributed by atoms with E-state index >= 15 is 0 Å². The zero-order valence-corrected chi connectivity index (χ0v) is 13.1. The number of nitrogens with two attached hydrogens (primary N) is 1. The van der Waals surface area contributed by atoms with E-state index in [1.165, 1.54) is 6.42 Å². The number of amides is 1. The van der Waals surface area contributed by atoms with Crippen molar-refractivity contribution >= 4 is 17.3 Å². The van der Waals surface area contributed by atoms with Crippen LogP contribution in [0.4, 0.5) is 11.4 Å². The molecule has 116 valence electrons. The highest BCUT2D eigenvalue weighted by molar-refractivity contribution is 5.92. The van der Waals surface area contributed by atoms with E-state index in [4.69, 9.17) is 5.73 Å². The van der Waals surface area contributed by atoms with Crippen LogP contribution in [0.3, 0.4) is 0 Å². The molecule has 0 unspecified atom stereocenters. The van der Waals surface area contributed by atoms with E-state index < -0.39 is 0 Å². The van der Waals surface area contributed by atoms with Gasteiger partial charge in [0.25, 0.3) is 0 Å². The SMILES string of the molecule is Cc1c(N)cccc1NC(=O)CCN1CCCN(C)CC1. The molecule has 1 heterocycles. The first kappa shape index (κ1) is 15.8. The molecule has 5 nitrogen and oxygen atoms in total. The lowest BCUT2D eigenvalue weighted by atomic mass is 10.1. The Kier molecular flexibility index (Phi) is 5.59.